The third-order valence-electron chi connectivity index (χ3n) is 4.28. The standard InChI is InChI=1S/C23H21BrN6/c1-15-5-3-7-19(13-15)26-22-28-21(25-18-11-9-17(24)10-12-18)29-23(30-22)27-20-8-4-6-16(2)14-20/h3-14H,1-2H3,(H3,25,26,27,28,29,30). The van der Waals surface area contributed by atoms with Crippen LogP contribution in [0, 0.1) is 13.8 Å². The van der Waals surface area contributed by atoms with Crippen LogP contribution < -0.4 is 16.0 Å². The van der Waals surface area contributed by atoms with Crippen molar-refractivity contribution in [3.63, 3.8) is 0 Å². The molecule has 1 heterocycles. The van der Waals surface area contributed by atoms with E-state index >= 15 is 0 Å². The van der Waals surface area contributed by atoms with Gasteiger partial charge in [0, 0.05) is 21.5 Å². The second-order valence-electron chi connectivity index (χ2n) is 6.93. The fraction of sp³-hybridized carbons (Fsp3) is 0.0870. The first-order chi connectivity index (χ1) is 14.5. The molecule has 0 saturated carbocycles. The summed E-state index contributed by atoms with van der Waals surface area (Å²) in [6.45, 7) is 4.09. The molecule has 0 aliphatic rings. The molecule has 0 atom stereocenters. The molecule has 6 nitrogen and oxygen atoms in total. The zero-order chi connectivity index (χ0) is 20.9. The van der Waals surface area contributed by atoms with Gasteiger partial charge in [-0.25, -0.2) is 0 Å². The SMILES string of the molecule is Cc1cccc(Nc2nc(Nc3ccc(Br)cc3)nc(Nc3cccc(C)c3)n2)c1. The van der Waals surface area contributed by atoms with Gasteiger partial charge in [0.15, 0.2) is 0 Å². The average Bonchev–Trinajstić information content (AvgIpc) is 2.70. The van der Waals surface area contributed by atoms with Crippen LogP contribution in [0.15, 0.2) is 77.3 Å². The summed E-state index contributed by atoms with van der Waals surface area (Å²) in [6.07, 6.45) is 0. The van der Waals surface area contributed by atoms with Gasteiger partial charge in [-0.2, -0.15) is 15.0 Å². The Morgan fingerprint density at radius 2 is 1.00 bits per heavy atom. The van der Waals surface area contributed by atoms with Crippen molar-refractivity contribution >= 4 is 50.8 Å². The van der Waals surface area contributed by atoms with Gasteiger partial charge in [-0.05, 0) is 73.5 Å². The van der Waals surface area contributed by atoms with Crippen LogP contribution in [-0.2, 0) is 0 Å². The molecule has 4 aromatic rings. The second kappa shape index (κ2) is 8.92. The first-order valence-corrected chi connectivity index (χ1v) is 10.3. The van der Waals surface area contributed by atoms with Crippen LogP contribution in [0.5, 0.6) is 0 Å². The maximum atomic E-state index is 4.55. The fourth-order valence-corrected chi connectivity index (χ4v) is 3.17. The molecule has 4 rings (SSSR count). The monoisotopic (exact) mass is 460 g/mol. The summed E-state index contributed by atoms with van der Waals surface area (Å²) >= 11 is 3.45. The molecule has 150 valence electrons. The lowest BCUT2D eigenvalue weighted by Gasteiger charge is -2.12. The largest absolute Gasteiger partial charge is 0.324 e. The highest BCUT2D eigenvalue weighted by molar-refractivity contribution is 9.10. The Bertz CT molecular complexity index is 1090. The van der Waals surface area contributed by atoms with Crippen molar-refractivity contribution in [2.75, 3.05) is 16.0 Å². The topological polar surface area (TPSA) is 74.8 Å². The molecule has 0 radical (unpaired) electrons. The molecule has 0 aliphatic heterocycles. The summed E-state index contributed by atoms with van der Waals surface area (Å²) in [7, 11) is 0. The Morgan fingerprint density at radius 1 is 0.567 bits per heavy atom. The van der Waals surface area contributed by atoms with Crippen LogP contribution in [-0.4, -0.2) is 15.0 Å². The van der Waals surface area contributed by atoms with Gasteiger partial charge in [-0.3, -0.25) is 0 Å². The minimum Gasteiger partial charge on any atom is -0.324 e. The number of anilines is 6. The van der Waals surface area contributed by atoms with E-state index in [9.17, 15) is 0 Å². The first-order valence-electron chi connectivity index (χ1n) is 9.49. The Labute approximate surface area is 184 Å². The van der Waals surface area contributed by atoms with Crippen molar-refractivity contribution < 1.29 is 0 Å². The van der Waals surface area contributed by atoms with Gasteiger partial charge in [-0.15, -0.1) is 0 Å². The van der Waals surface area contributed by atoms with Gasteiger partial charge >= 0.3 is 0 Å². The first kappa shape index (κ1) is 19.8. The van der Waals surface area contributed by atoms with E-state index in [2.05, 4.69) is 46.8 Å². The highest BCUT2D eigenvalue weighted by atomic mass is 79.9. The second-order valence-corrected chi connectivity index (χ2v) is 7.84. The van der Waals surface area contributed by atoms with E-state index in [0.717, 1.165) is 32.7 Å². The number of benzene rings is 3. The number of halogens is 1. The lowest BCUT2D eigenvalue weighted by molar-refractivity contribution is 1.06. The van der Waals surface area contributed by atoms with Crippen LogP contribution in [0.25, 0.3) is 0 Å². The van der Waals surface area contributed by atoms with E-state index in [1.165, 1.54) is 0 Å². The maximum Gasteiger partial charge on any atom is 0.233 e. The zero-order valence-corrected chi connectivity index (χ0v) is 18.2. The number of nitrogens with zero attached hydrogens (tertiary/aromatic N) is 3. The van der Waals surface area contributed by atoms with Gasteiger partial charge in [-0.1, -0.05) is 40.2 Å². The number of hydrogen-bond acceptors (Lipinski definition) is 6. The Kier molecular flexibility index (Phi) is 5.90. The van der Waals surface area contributed by atoms with Gasteiger partial charge in [0.25, 0.3) is 0 Å². The number of aromatic nitrogens is 3. The lowest BCUT2D eigenvalue weighted by Crippen LogP contribution is -2.07. The van der Waals surface area contributed by atoms with E-state index in [1.54, 1.807) is 0 Å². The smallest absolute Gasteiger partial charge is 0.233 e. The Hall–Kier alpha value is -3.45. The molecule has 0 spiro atoms. The molecule has 1 aromatic heterocycles. The molecule has 3 aromatic carbocycles. The summed E-state index contributed by atoms with van der Waals surface area (Å²) in [5.41, 5.74) is 5.02. The molecular formula is C23H21BrN6. The Balaban J connectivity index is 1.66. The van der Waals surface area contributed by atoms with E-state index in [-0.39, 0.29) is 0 Å². The number of nitrogens with one attached hydrogen (secondary N) is 3. The highest BCUT2D eigenvalue weighted by Crippen LogP contribution is 2.22. The number of hydrogen-bond donors (Lipinski definition) is 3. The molecule has 0 aliphatic carbocycles. The minimum absolute atomic E-state index is 0.442. The van der Waals surface area contributed by atoms with E-state index in [1.807, 2.05) is 86.6 Å². The van der Waals surface area contributed by atoms with Gasteiger partial charge in [0.05, 0.1) is 0 Å². The van der Waals surface area contributed by atoms with Crippen LogP contribution in [0.4, 0.5) is 34.9 Å². The molecule has 0 unspecified atom stereocenters. The lowest BCUT2D eigenvalue weighted by atomic mass is 10.2. The van der Waals surface area contributed by atoms with Crippen molar-refractivity contribution in [3.8, 4) is 0 Å². The molecular weight excluding hydrogens is 440 g/mol. The predicted molar refractivity (Wildman–Crippen MR) is 126 cm³/mol. The minimum atomic E-state index is 0.442. The zero-order valence-electron chi connectivity index (χ0n) is 16.6. The Morgan fingerprint density at radius 3 is 1.43 bits per heavy atom. The quantitative estimate of drug-likeness (QED) is 0.305. The van der Waals surface area contributed by atoms with E-state index < -0.39 is 0 Å². The molecule has 0 saturated heterocycles. The summed E-state index contributed by atoms with van der Waals surface area (Å²) in [6, 6.07) is 23.9. The van der Waals surface area contributed by atoms with Crippen molar-refractivity contribution in [1.29, 1.82) is 0 Å². The van der Waals surface area contributed by atoms with Crippen LogP contribution in [0.2, 0.25) is 0 Å². The van der Waals surface area contributed by atoms with Crippen molar-refractivity contribution in [1.82, 2.24) is 15.0 Å². The maximum absolute atomic E-state index is 4.55. The van der Waals surface area contributed by atoms with Gasteiger partial charge < -0.3 is 16.0 Å². The summed E-state index contributed by atoms with van der Waals surface area (Å²) in [5, 5.41) is 9.78. The van der Waals surface area contributed by atoms with Gasteiger partial charge in [0.1, 0.15) is 0 Å². The number of aryl methyl sites for hydroxylation is 2. The molecule has 0 amide bonds. The van der Waals surface area contributed by atoms with Crippen LogP contribution >= 0.6 is 15.9 Å². The normalized spacial score (nSPS) is 10.5. The third kappa shape index (κ3) is 5.33. The molecule has 7 heteroatoms. The van der Waals surface area contributed by atoms with Gasteiger partial charge in [0.2, 0.25) is 17.8 Å². The van der Waals surface area contributed by atoms with Crippen molar-refractivity contribution in [3.05, 3.63) is 88.4 Å². The van der Waals surface area contributed by atoms with Crippen molar-refractivity contribution in [2.45, 2.75) is 13.8 Å². The summed E-state index contributed by atoms with van der Waals surface area (Å²) < 4.78 is 1.01. The third-order valence-corrected chi connectivity index (χ3v) is 4.81. The van der Waals surface area contributed by atoms with E-state index in [0.29, 0.717) is 17.8 Å². The number of rotatable bonds is 6. The molecule has 0 fully saturated rings. The molecule has 3 N–H and O–H groups in total. The molecule has 0 bridgehead atoms. The van der Waals surface area contributed by atoms with Crippen LogP contribution in [0.3, 0.4) is 0 Å². The highest BCUT2D eigenvalue weighted by Gasteiger charge is 2.09. The average molecular weight is 461 g/mol. The summed E-state index contributed by atoms with van der Waals surface area (Å²) in [5.74, 6) is 1.34. The van der Waals surface area contributed by atoms with Crippen LogP contribution in [0.1, 0.15) is 11.1 Å². The van der Waals surface area contributed by atoms with E-state index in [4.69, 9.17) is 0 Å². The summed E-state index contributed by atoms with van der Waals surface area (Å²) in [4.78, 5) is 13.6. The van der Waals surface area contributed by atoms with Crippen molar-refractivity contribution in [2.24, 2.45) is 0 Å². The molecule has 30 heavy (non-hydrogen) atoms. The fourth-order valence-electron chi connectivity index (χ4n) is 2.91. The predicted octanol–water partition coefficient (Wildman–Crippen LogP) is 6.48.